The number of carboxylic acid groups (broad SMARTS) is 1. The number of furan rings is 1. The molecule has 2 aliphatic heterocycles. The fraction of sp³-hybridized carbons (Fsp3) is 0.333. The van der Waals surface area contributed by atoms with Crippen molar-refractivity contribution in [1.82, 2.24) is 14.5 Å². The highest BCUT2D eigenvalue weighted by molar-refractivity contribution is 5.92. The van der Waals surface area contributed by atoms with Crippen LogP contribution in [0.4, 0.5) is 5.82 Å². The summed E-state index contributed by atoms with van der Waals surface area (Å²) in [6, 6.07) is 18.6. The molecule has 5 aromatic rings. The van der Waals surface area contributed by atoms with Crippen molar-refractivity contribution in [2.75, 3.05) is 24.6 Å². The number of nitriles is 1. The van der Waals surface area contributed by atoms with Crippen molar-refractivity contribution < 1.29 is 23.8 Å². The van der Waals surface area contributed by atoms with Gasteiger partial charge in [0, 0.05) is 43.1 Å². The molecule has 43 heavy (non-hydrogen) atoms. The van der Waals surface area contributed by atoms with Gasteiger partial charge in [-0.05, 0) is 61.6 Å². The predicted octanol–water partition coefficient (Wildman–Crippen LogP) is 5.57. The van der Waals surface area contributed by atoms with Gasteiger partial charge in [-0.1, -0.05) is 12.1 Å². The number of ether oxygens (including phenoxy) is 2. The lowest BCUT2D eigenvalue weighted by Gasteiger charge is -2.33. The number of pyridine rings is 1. The Morgan fingerprint density at radius 2 is 1.95 bits per heavy atom. The second-order valence-corrected chi connectivity index (χ2v) is 11.2. The molecule has 0 unspecified atom stereocenters. The number of hydrogen-bond acceptors (Lipinski definition) is 8. The van der Waals surface area contributed by atoms with Crippen LogP contribution in [-0.4, -0.2) is 51.4 Å². The van der Waals surface area contributed by atoms with E-state index in [9.17, 15) is 15.2 Å². The molecule has 0 aliphatic carbocycles. The molecule has 10 nitrogen and oxygen atoms in total. The van der Waals surface area contributed by atoms with Crippen molar-refractivity contribution in [3.63, 3.8) is 0 Å². The molecular weight excluding hydrogens is 546 g/mol. The third-order valence-corrected chi connectivity index (χ3v) is 8.57. The van der Waals surface area contributed by atoms with Crippen molar-refractivity contribution in [3.8, 4) is 11.9 Å². The van der Waals surface area contributed by atoms with Crippen molar-refractivity contribution in [1.29, 1.82) is 5.26 Å². The molecule has 2 aromatic carbocycles. The van der Waals surface area contributed by atoms with Gasteiger partial charge in [0.2, 0.25) is 5.88 Å². The van der Waals surface area contributed by atoms with Crippen molar-refractivity contribution in [2.24, 2.45) is 5.92 Å². The molecule has 2 fully saturated rings. The first-order valence-electron chi connectivity index (χ1n) is 14.6. The Hall–Kier alpha value is -4.88. The Morgan fingerprint density at radius 3 is 2.72 bits per heavy atom. The van der Waals surface area contributed by atoms with E-state index in [1.807, 2.05) is 30.3 Å². The van der Waals surface area contributed by atoms with Crippen molar-refractivity contribution in [2.45, 2.75) is 44.9 Å². The van der Waals surface area contributed by atoms with Crippen LogP contribution in [0.15, 0.2) is 65.3 Å². The number of anilines is 1. The van der Waals surface area contributed by atoms with Crippen LogP contribution >= 0.6 is 0 Å². The monoisotopic (exact) mass is 577 g/mol. The van der Waals surface area contributed by atoms with Gasteiger partial charge >= 0.3 is 5.97 Å². The number of carboxylic acids is 1. The summed E-state index contributed by atoms with van der Waals surface area (Å²) in [5.74, 6) is 1.94. The van der Waals surface area contributed by atoms with E-state index >= 15 is 0 Å². The van der Waals surface area contributed by atoms with Crippen molar-refractivity contribution in [3.05, 3.63) is 83.4 Å². The standard InChI is InChI=1S/C33H31N5O5/c34-18-23-4-5-24(32-26(23)11-15-42-32)20-43-31-3-1-2-29(36-31)37-12-8-21(9-13-37)16-30-35-27-7-6-22(33(39)40)17-28(27)38(30)19-25-10-14-41-25/h1-7,11,15,17,21,25H,8-10,12-14,16,19-20H2,(H,39,40)/t25-/m0/s1. The van der Waals surface area contributed by atoms with E-state index in [1.54, 1.807) is 30.5 Å². The maximum Gasteiger partial charge on any atom is 0.335 e. The molecule has 1 N–H and O–H groups in total. The minimum absolute atomic E-state index is 0.147. The predicted molar refractivity (Wildman–Crippen MR) is 159 cm³/mol. The van der Waals surface area contributed by atoms with Crippen LogP contribution in [0.1, 0.15) is 46.6 Å². The van der Waals surface area contributed by atoms with Gasteiger partial charge in [-0.15, -0.1) is 0 Å². The zero-order valence-corrected chi connectivity index (χ0v) is 23.6. The Labute approximate surface area is 248 Å². The molecule has 0 bridgehead atoms. The molecule has 0 saturated carbocycles. The van der Waals surface area contributed by atoms with Crippen LogP contribution in [0, 0.1) is 17.2 Å². The van der Waals surface area contributed by atoms with Crippen molar-refractivity contribution >= 4 is 33.8 Å². The summed E-state index contributed by atoms with van der Waals surface area (Å²) in [7, 11) is 0. The van der Waals surface area contributed by atoms with Gasteiger partial charge in [0.25, 0.3) is 0 Å². The molecule has 7 rings (SSSR count). The highest BCUT2D eigenvalue weighted by Gasteiger charge is 2.26. The van der Waals surface area contributed by atoms with Crippen LogP contribution in [0.25, 0.3) is 22.0 Å². The summed E-state index contributed by atoms with van der Waals surface area (Å²) >= 11 is 0. The average molecular weight is 578 g/mol. The van der Waals surface area contributed by atoms with Gasteiger partial charge in [0.15, 0.2) is 0 Å². The van der Waals surface area contributed by atoms with E-state index in [0.717, 1.165) is 79.0 Å². The number of hydrogen-bond donors (Lipinski definition) is 1. The zero-order chi connectivity index (χ0) is 29.3. The second kappa shape index (κ2) is 11.4. The van der Waals surface area contributed by atoms with Crippen LogP contribution < -0.4 is 9.64 Å². The summed E-state index contributed by atoms with van der Waals surface area (Å²) in [6.45, 7) is 3.50. The Balaban J connectivity index is 1.01. The molecule has 0 amide bonds. The van der Waals surface area contributed by atoms with E-state index in [2.05, 4.69) is 15.5 Å². The lowest BCUT2D eigenvalue weighted by atomic mass is 9.93. The minimum Gasteiger partial charge on any atom is -0.478 e. The fourth-order valence-corrected chi connectivity index (χ4v) is 6.06. The normalized spacial score (nSPS) is 17.2. The Morgan fingerprint density at radius 1 is 1.09 bits per heavy atom. The third-order valence-electron chi connectivity index (χ3n) is 8.57. The summed E-state index contributed by atoms with van der Waals surface area (Å²) in [5.41, 5.74) is 4.06. The topological polar surface area (TPSA) is 127 Å². The number of fused-ring (bicyclic) bond motifs is 2. The third kappa shape index (κ3) is 5.40. The highest BCUT2D eigenvalue weighted by Crippen LogP contribution is 2.30. The number of benzene rings is 2. The zero-order valence-electron chi connectivity index (χ0n) is 23.6. The minimum atomic E-state index is -0.935. The largest absolute Gasteiger partial charge is 0.478 e. The molecule has 2 aliphatic rings. The van der Waals surface area contributed by atoms with Crippen LogP contribution in [-0.2, 0) is 24.3 Å². The second-order valence-electron chi connectivity index (χ2n) is 11.2. The van der Waals surface area contributed by atoms with Gasteiger partial charge in [0.1, 0.15) is 23.8 Å². The van der Waals surface area contributed by atoms with Crippen LogP contribution in [0.5, 0.6) is 5.88 Å². The number of nitrogens with zero attached hydrogens (tertiary/aromatic N) is 5. The molecule has 3 aromatic heterocycles. The molecule has 2 saturated heterocycles. The van der Waals surface area contributed by atoms with Gasteiger partial charge < -0.3 is 28.5 Å². The summed E-state index contributed by atoms with van der Waals surface area (Å²) in [4.78, 5) is 23.6. The molecule has 1 atom stereocenters. The van der Waals surface area contributed by atoms with E-state index in [4.69, 9.17) is 23.9 Å². The van der Waals surface area contributed by atoms with Gasteiger partial charge in [-0.3, -0.25) is 0 Å². The van der Waals surface area contributed by atoms with Crippen LogP contribution in [0.3, 0.4) is 0 Å². The number of aromatic carboxylic acids is 1. The first-order valence-corrected chi connectivity index (χ1v) is 14.6. The SMILES string of the molecule is N#Cc1ccc(COc2cccc(N3CCC(Cc4nc5ccc(C(=O)O)cc5n4C[C@@H]4CCO4)CC3)n2)c2occc12. The number of aromatic nitrogens is 3. The van der Waals surface area contributed by atoms with Gasteiger partial charge in [0.05, 0.1) is 47.1 Å². The quantitative estimate of drug-likeness (QED) is 0.239. The lowest BCUT2D eigenvalue weighted by Crippen LogP contribution is -2.35. The first kappa shape index (κ1) is 27.0. The molecule has 0 spiro atoms. The Kier molecular flexibility index (Phi) is 7.17. The van der Waals surface area contributed by atoms with Gasteiger partial charge in [-0.2, -0.15) is 10.2 Å². The lowest BCUT2D eigenvalue weighted by molar-refractivity contribution is -0.0590. The maximum atomic E-state index is 11.6. The first-order chi connectivity index (χ1) is 21.1. The molecule has 218 valence electrons. The summed E-state index contributed by atoms with van der Waals surface area (Å²) in [5, 5.41) is 19.6. The van der Waals surface area contributed by atoms with E-state index in [1.165, 1.54) is 0 Å². The van der Waals surface area contributed by atoms with Crippen LogP contribution in [0.2, 0.25) is 0 Å². The highest BCUT2D eigenvalue weighted by atomic mass is 16.5. The smallest absolute Gasteiger partial charge is 0.335 e. The van der Waals surface area contributed by atoms with E-state index in [-0.39, 0.29) is 18.3 Å². The number of carbonyl (C=O) groups is 1. The number of rotatable bonds is 9. The molecule has 0 radical (unpaired) electrons. The van der Waals surface area contributed by atoms with Gasteiger partial charge in [-0.25, -0.2) is 9.78 Å². The summed E-state index contributed by atoms with van der Waals surface area (Å²) in [6.07, 6.45) is 5.57. The molecule has 5 heterocycles. The average Bonchev–Trinajstić information content (AvgIpc) is 3.63. The number of piperidine rings is 1. The van der Waals surface area contributed by atoms with E-state index < -0.39 is 5.97 Å². The summed E-state index contributed by atoms with van der Waals surface area (Å²) < 4.78 is 19.6. The molecule has 10 heteroatoms. The number of imidazole rings is 1. The maximum absolute atomic E-state index is 11.6. The van der Waals surface area contributed by atoms with E-state index in [0.29, 0.717) is 29.5 Å². The Bertz CT molecular complexity index is 1840. The fourth-order valence-electron chi connectivity index (χ4n) is 6.06. The molecular formula is C33H31N5O5.